The van der Waals surface area contributed by atoms with Gasteiger partial charge in [0, 0.05) is 12.8 Å². The molecule has 0 atom stereocenters. The Hall–Kier alpha value is -0.600. The zero-order valence-electron chi connectivity index (χ0n) is 8.66. The Morgan fingerprint density at radius 3 is 2.79 bits per heavy atom. The average Bonchev–Trinajstić information content (AvgIpc) is 2.15. The van der Waals surface area contributed by atoms with Gasteiger partial charge in [0.15, 0.2) is 0 Å². The minimum Gasteiger partial charge on any atom is -0.377 e. The first-order valence-corrected chi connectivity index (χ1v) is 5.24. The van der Waals surface area contributed by atoms with E-state index in [1.807, 2.05) is 6.07 Å². The molecule has 0 aliphatic heterocycles. The van der Waals surface area contributed by atoms with Gasteiger partial charge in [-0.3, -0.25) is 0 Å². The Bertz CT molecular complexity index is 258. The summed E-state index contributed by atoms with van der Waals surface area (Å²) < 4.78 is 5.49. The molecule has 0 aromatic carbocycles. The lowest BCUT2D eigenvalue weighted by Gasteiger charge is -2.06. The van der Waals surface area contributed by atoms with Crippen LogP contribution in [-0.4, -0.2) is 11.6 Å². The molecule has 14 heavy (non-hydrogen) atoms. The summed E-state index contributed by atoms with van der Waals surface area (Å²) in [5.74, 6) is 0.693. The molecule has 0 spiro atoms. The lowest BCUT2D eigenvalue weighted by atomic mass is 10.1. The first kappa shape index (κ1) is 11.5. The fraction of sp³-hybridized carbons (Fsp3) is 0.545. The molecule has 1 rings (SSSR count). The molecule has 78 valence electrons. The lowest BCUT2D eigenvalue weighted by molar-refractivity contribution is 0.110. The Kier molecular flexibility index (Phi) is 4.91. The number of nitrogens with zero attached hydrogens (tertiary/aromatic N) is 1. The van der Waals surface area contributed by atoms with Crippen molar-refractivity contribution in [1.29, 1.82) is 0 Å². The molecule has 1 heterocycles. The van der Waals surface area contributed by atoms with Crippen molar-refractivity contribution in [2.75, 3.05) is 6.61 Å². The first-order chi connectivity index (χ1) is 6.68. The van der Waals surface area contributed by atoms with Crippen molar-refractivity contribution in [3.63, 3.8) is 0 Å². The lowest BCUT2D eigenvalue weighted by Crippen LogP contribution is -1.99. The maximum atomic E-state index is 5.66. The van der Waals surface area contributed by atoms with E-state index in [0.717, 1.165) is 18.6 Å². The van der Waals surface area contributed by atoms with E-state index in [4.69, 9.17) is 16.3 Å². The molecule has 0 bridgehead atoms. The van der Waals surface area contributed by atoms with Crippen LogP contribution >= 0.6 is 11.6 Å². The van der Waals surface area contributed by atoms with Gasteiger partial charge in [-0.15, -0.1) is 0 Å². The third-order valence-electron chi connectivity index (χ3n) is 1.90. The standard InChI is InChI=1S/C11H16ClNO/c1-9(2)5-6-14-8-10-3-4-11(12)13-7-10/h3-4,7,9H,5-6,8H2,1-2H3. The van der Waals surface area contributed by atoms with Crippen LogP contribution < -0.4 is 0 Å². The summed E-state index contributed by atoms with van der Waals surface area (Å²) in [6, 6.07) is 3.72. The predicted octanol–water partition coefficient (Wildman–Crippen LogP) is 3.30. The maximum absolute atomic E-state index is 5.66. The van der Waals surface area contributed by atoms with Gasteiger partial charge in [0.2, 0.25) is 0 Å². The monoisotopic (exact) mass is 213 g/mol. The van der Waals surface area contributed by atoms with E-state index in [1.165, 1.54) is 0 Å². The fourth-order valence-electron chi connectivity index (χ4n) is 1.00. The van der Waals surface area contributed by atoms with Crippen molar-refractivity contribution in [3.8, 4) is 0 Å². The number of aromatic nitrogens is 1. The molecule has 0 amide bonds. The van der Waals surface area contributed by atoms with Crippen LogP contribution in [0.3, 0.4) is 0 Å². The highest BCUT2D eigenvalue weighted by molar-refractivity contribution is 6.29. The Morgan fingerprint density at radius 2 is 2.21 bits per heavy atom. The zero-order chi connectivity index (χ0) is 10.4. The molecular formula is C11H16ClNO. The average molecular weight is 214 g/mol. The largest absolute Gasteiger partial charge is 0.377 e. The fourth-order valence-corrected chi connectivity index (χ4v) is 1.11. The van der Waals surface area contributed by atoms with Gasteiger partial charge in [-0.2, -0.15) is 0 Å². The Labute approximate surface area is 90.3 Å². The van der Waals surface area contributed by atoms with Crippen molar-refractivity contribution < 1.29 is 4.74 Å². The molecule has 0 radical (unpaired) electrons. The highest BCUT2D eigenvalue weighted by Crippen LogP contribution is 2.07. The van der Waals surface area contributed by atoms with Crippen LogP contribution in [0.1, 0.15) is 25.8 Å². The van der Waals surface area contributed by atoms with E-state index in [-0.39, 0.29) is 0 Å². The van der Waals surface area contributed by atoms with E-state index in [9.17, 15) is 0 Å². The van der Waals surface area contributed by atoms with E-state index >= 15 is 0 Å². The Balaban J connectivity index is 2.21. The van der Waals surface area contributed by atoms with Gasteiger partial charge in [0.1, 0.15) is 5.15 Å². The molecular weight excluding hydrogens is 198 g/mol. The molecule has 1 aromatic heterocycles. The van der Waals surface area contributed by atoms with E-state index in [0.29, 0.717) is 17.7 Å². The summed E-state index contributed by atoms with van der Waals surface area (Å²) >= 11 is 5.66. The molecule has 0 unspecified atom stereocenters. The molecule has 0 N–H and O–H groups in total. The van der Waals surface area contributed by atoms with Crippen LogP contribution in [0.25, 0.3) is 0 Å². The van der Waals surface area contributed by atoms with E-state index < -0.39 is 0 Å². The SMILES string of the molecule is CC(C)CCOCc1ccc(Cl)nc1. The number of pyridine rings is 1. The molecule has 2 nitrogen and oxygen atoms in total. The van der Waals surface area contributed by atoms with Crippen molar-refractivity contribution >= 4 is 11.6 Å². The molecule has 3 heteroatoms. The van der Waals surface area contributed by atoms with Gasteiger partial charge in [-0.05, 0) is 24.0 Å². The van der Waals surface area contributed by atoms with Gasteiger partial charge in [0.25, 0.3) is 0 Å². The molecule has 0 aliphatic carbocycles. The topological polar surface area (TPSA) is 22.1 Å². The summed E-state index contributed by atoms with van der Waals surface area (Å²) in [6.45, 7) is 5.80. The van der Waals surface area contributed by atoms with Crippen molar-refractivity contribution in [3.05, 3.63) is 29.0 Å². The number of rotatable bonds is 5. The zero-order valence-corrected chi connectivity index (χ0v) is 9.42. The number of hydrogen-bond acceptors (Lipinski definition) is 2. The second-order valence-corrected chi connectivity index (χ2v) is 4.11. The van der Waals surface area contributed by atoms with Crippen LogP contribution in [0.2, 0.25) is 5.15 Å². The molecule has 0 saturated heterocycles. The maximum Gasteiger partial charge on any atom is 0.129 e. The Morgan fingerprint density at radius 1 is 1.43 bits per heavy atom. The minimum absolute atomic E-state index is 0.524. The number of halogens is 1. The summed E-state index contributed by atoms with van der Waals surface area (Å²) in [4.78, 5) is 3.98. The molecule has 1 aromatic rings. The van der Waals surface area contributed by atoms with Gasteiger partial charge in [0.05, 0.1) is 6.61 Å². The van der Waals surface area contributed by atoms with Crippen LogP contribution in [0.15, 0.2) is 18.3 Å². The highest BCUT2D eigenvalue weighted by Gasteiger charge is 1.96. The second kappa shape index (κ2) is 5.99. The van der Waals surface area contributed by atoms with Gasteiger partial charge >= 0.3 is 0 Å². The highest BCUT2D eigenvalue weighted by atomic mass is 35.5. The van der Waals surface area contributed by atoms with Crippen molar-refractivity contribution in [2.24, 2.45) is 5.92 Å². The van der Waals surface area contributed by atoms with Gasteiger partial charge < -0.3 is 4.74 Å². The summed E-state index contributed by atoms with van der Waals surface area (Å²) in [5.41, 5.74) is 1.07. The van der Waals surface area contributed by atoms with Crippen molar-refractivity contribution in [1.82, 2.24) is 4.98 Å². The van der Waals surface area contributed by atoms with Gasteiger partial charge in [-0.1, -0.05) is 31.5 Å². The third-order valence-corrected chi connectivity index (χ3v) is 2.12. The van der Waals surface area contributed by atoms with Crippen LogP contribution in [0.4, 0.5) is 0 Å². The van der Waals surface area contributed by atoms with Crippen LogP contribution in [0.5, 0.6) is 0 Å². The first-order valence-electron chi connectivity index (χ1n) is 4.86. The van der Waals surface area contributed by atoms with E-state index in [2.05, 4.69) is 18.8 Å². The quantitative estimate of drug-likeness (QED) is 0.553. The van der Waals surface area contributed by atoms with Crippen LogP contribution in [0, 0.1) is 5.92 Å². The second-order valence-electron chi connectivity index (χ2n) is 3.72. The normalized spacial score (nSPS) is 10.9. The molecule has 0 saturated carbocycles. The number of hydrogen-bond donors (Lipinski definition) is 0. The number of ether oxygens (including phenoxy) is 1. The smallest absolute Gasteiger partial charge is 0.129 e. The predicted molar refractivity (Wildman–Crippen MR) is 58.4 cm³/mol. The van der Waals surface area contributed by atoms with Crippen molar-refractivity contribution in [2.45, 2.75) is 26.9 Å². The minimum atomic E-state index is 0.524. The molecule has 0 aliphatic rings. The van der Waals surface area contributed by atoms with Crippen LogP contribution in [-0.2, 0) is 11.3 Å². The summed E-state index contributed by atoms with van der Waals surface area (Å²) in [5, 5.41) is 0.524. The summed E-state index contributed by atoms with van der Waals surface area (Å²) in [6.07, 6.45) is 2.85. The van der Waals surface area contributed by atoms with E-state index in [1.54, 1.807) is 12.3 Å². The van der Waals surface area contributed by atoms with Gasteiger partial charge in [-0.25, -0.2) is 4.98 Å². The summed E-state index contributed by atoms with van der Waals surface area (Å²) in [7, 11) is 0. The third kappa shape index (κ3) is 4.58. The molecule has 0 fully saturated rings.